The van der Waals surface area contributed by atoms with Crippen molar-refractivity contribution in [1.29, 1.82) is 0 Å². The minimum absolute atomic E-state index is 0.0674. The van der Waals surface area contributed by atoms with Gasteiger partial charge in [-0.25, -0.2) is 0 Å². The molecule has 0 unspecified atom stereocenters. The summed E-state index contributed by atoms with van der Waals surface area (Å²) in [4.78, 5) is 20.2. The Labute approximate surface area is 188 Å². The molecule has 3 rings (SSSR count). The molecule has 1 aromatic carbocycles. The smallest absolute Gasteiger partial charge is 0.269 e. The average Bonchev–Trinajstić information content (AvgIpc) is 3.06. The van der Waals surface area contributed by atoms with E-state index in [2.05, 4.69) is 10.3 Å². The van der Waals surface area contributed by atoms with E-state index < -0.39 is 11.7 Å². The third kappa shape index (κ3) is 6.17. The zero-order valence-corrected chi connectivity index (χ0v) is 18.8. The number of nitrogens with one attached hydrogen (secondary N) is 1. The Hall–Kier alpha value is -2.72. The maximum atomic E-state index is 12.2. The van der Waals surface area contributed by atoms with Gasteiger partial charge in [-0.1, -0.05) is 12.1 Å². The molecule has 0 spiro atoms. The fourth-order valence-corrected chi connectivity index (χ4v) is 3.61. The van der Waals surface area contributed by atoms with E-state index >= 15 is 0 Å². The molecule has 2 atom stereocenters. The number of nitrogens with zero attached hydrogens (tertiary/aromatic N) is 3. The second kappa shape index (κ2) is 10.7. The summed E-state index contributed by atoms with van der Waals surface area (Å²) in [5, 5.41) is 24.0. The van der Waals surface area contributed by atoms with Gasteiger partial charge in [-0.3, -0.25) is 14.7 Å². The normalized spacial score (nSPS) is 21.0. The van der Waals surface area contributed by atoms with Crippen molar-refractivity contribution in [3.05, 3.63) is 53.9 Å². The minimum atomic E-state index is -1.44. The zero-order chi connectivity index (χ0) is 23.1. The Morgan fingerprint density at radius 2 is 2.12 bits per heavy atom. The van der Waals surface area contributed by atoms with Crippen molar-refractivity contribution in [3.63, 3.8) is 0 Å². The van der Waals surface area contributed by atoms with Crippen LogP contribution in [-0.2, 0) is 6.54 Å². The van der Waals surface area contributed by atoms with Crippen LogP contribution in [0.2, 0.25) is 0 Å². The summed E-state index contributed by atoms with van der Waals surface area (Å²) in [6, 6.07) is 10.8. The molecular weight excluding hydrogens is 412 g/mol. The van der Waals surface area contributed by atoms with Gasteiger partial charge in [0.05, 0.1) is 19.8 Å². The van der Waals surface area contributed by atoms with E-state index in [0.29, 0.717) is 31.2 Å². The van der Waals surface area contributed by atoms with Crippen LogP contribution >= 0.6 is 0 Å². The first-order valence-corrected chi connectivity index (χ1v) is 10.6. The van der Waals surface area contributed by atoms with E-state index in [0.717, 1.165) is 12.1 Å². The number of carbonyl (C=O) groups is 1. The molecule has 0 radical (unpaired) electrons. The summed E-state index contributed by atoms with van der Waals surface area (Å²) in [5.74, 6) is 0.923. The Morgan fingerprint density at radius 1 is 1.31 bits per heavy atom. The number of hydrogen-bond acceptors (Lipinski definition) is 8. The summed E-state index contributed by atoms with van der Waals surface area (Å²) >= 11 is 0. The summed E-state index contributed by atoms with van der Waals surface area (Å²) in [6.07, 6.45) is 0.546. The summed E-state index contributed by atoms with van der Waals surface area (Å²) in [5.41, 5.74) is -0.208. The highest BCUT2D eigenvalue weighted by atomic mass is 16.5. The number of hydrogen-bond donors (Lipinski definition) is 3. The van der Waals surface area contributed by atoms with Gasteiger partial charge in [0, 0.05) is 32.4 Å². The molecule has 1 saturated heterocycles. The largest absolute Gasteiger partial charge is 0.493 e. The van der Waals surface area contributed by atoms with Crippen LogP contribution in [0.25, 0.3) is 0 Å². The van der Waals surface area contributed by atoms with E-state index in [1.165, 1.54) is 6.20 Å². The molecule has 9 heteroatoms. The van der Waals surface area contributed by atoms with Crippen LogP contribution in [0.5, 0.6) is 11.5 Å². The van der Waals surface area contributed by atoms with Gasteiger partial charge in [0.1, 0.15) is 17.9 Å². The molecule has 2 heterocycles. The molecule has 0 saturated carbocycles. The summed E-state index contributed by atoms with van der Waals surface area (Å²) in [7, 11) is 5.57. The van der Waals surface area contributed by atoms with Crippen LogP contribution in [0.4, 0.5) is 0 Å². The van der Waals surface area contributed by atoms with E-state index in [-0.39, 0.29) is 24.7 Å². The lowest BCUT2D eigenvalue weighted by Gasteiger charge is -2.26. The molecule has 1 amide bonds. The van der Waals surface area contributed by atoms with Gasteiger partial charge < -0.3 is 29.9 Å². The molecule has 2 aromatic rings. The van der Waals surface area contributed by atoms with Crippen LogP contribution in [0.15, 0.2) is 42.6 Å². The number of likely N-dealkylation sites (N-methyl/N-ethyl adjacent to an activating group) is 1. The van der Waals surface area contributed by atoms with Gasteiger partial charge >= 0.3 is 0 Å². The Balaban J connectivity index is 1.57. The van der Waals surface area contributed by atoms with Crippen molar-refractivity contribution in [2.24, 2.45) is 0 Å². The van der Waals surface area contributed by atoms with Crippen LogP contribution < -0.4 is 14.8 Å². The highest BCUT2D eigenvalue weighted by Gasteiger charge is 2.44. The lowest BCUT2D eigenvalue weighted by molar-refractivity contribution is -0.0377. The van der Waals surface area contributed by atoms with Gasteiger partial charge in [0.25, 0.3) is 5.91 Å². The zero-order valence-electron chi connectivity index (χ0n) is 18.8. The predicted molar refractivity (Wildman–Crippen MR) is 120 cm³/mol. The highest BCUT2D eigenvalue weighted by Crippen LogP contribution is 2.30. The van der Waals surface area contributed by atoms with Crippen molar-refractivity contribution in [3.8, 4) is 11.5 Å². The Kier molecular flexibility index (Phi) is 8.03. The number of pyridine rings is 1. The standard InChI is InChI=1S/C23H32N4O5/c1-26(2)10-11-32-19-8-7-17(12-20(19)31-3)13-27-14-21(28)23(30,16-27)15-25-22(29)18-6-4-5-9-24-18/h4-9,12,21,28,30H,10-11,13-16H2,1-3H3,(H,25,29)/t21-,23+/m1/s1. The van der Waals surface area contributed by atoms with E-state index in [1.54, 1.807) is 25.3 Å². The second-order valence-corrected chi connectivity index (χ2v) is 8.32. The number of benzene rings is 1. The van der Waals surface area contributed by atoms with Crippen LogP contribution in [0, 0.1) is 0 Å². The number of rotatable bonds is 10. The predicted octanol–water partition coefficient (Wildman–Crippen LogP) is 0.368. The number of likely N-dealkylation sites (tertiary alicyclic amines) is 1. The fraction of sp³-hybridized carbons (Fsp3) is 0.478. The van der Waals surface area contributed by atoms with Crippen molar-refractivity contribution in [1.82, 2.24) is 20.1 Å². The van der Waals surface area contributed by atoms with E-state index in [1.807, 2.05) is 42.1 Å². The molecule has 1 aliphatic heterocycles. The number of aliphatic hydroxyl groups excluding tert-OH is 1. The summed E-state index contributed by atoms with van der Waals surface area (Å²) in [6.45, 7) is 2.31. The number of carbonyl (C=O) groups excluding carboxylic acids is 1. The first kappa shape index (κ1) is 23.9. The van der Waals surface area contributed by atoms with Gasteiger partial charge in [-0.15, -0.1) is 0 Å². The van der Waals surface area contributed by atoms with Crippen LogP contribution in [0.3, 0.4) is 0 Å². The van der Waals surface area contributed by atoms with Crippen molar-refractivity contribution in [2.45, 2.75) is 18.2 Å². The Bertz CT molecular complexity index is 895. The van der Waals surface area contributed by atoms with Gasteiger partial charge in [0.2, 0.25) is 0 Å². The summed E-state index contributed by atoms with van der Waals surface area (Å²) < 4.78 is 11.3. The number of β-amino-alcohol motifs (C(OH)–C–C–N with tert-alkyl or cyclic N) is 2. The third-order valence-corrected chi connectivity index (χ3v) is 5.43. The SMILES string of the molecule is COc1cc(CN2C[C@@H](O)[C@](O)(CNC(=O)c3ccccn3)C2)ccc1OCCN(C)C. The first-order valence-electron chi connectivity index (χ1n) is 10.6. The molecule has 1 fully saturated rings. The molecular formula is C23H32N4O5. The molecule has 9 nitrogen and oxygen atoms in total. The molecule has 0 aliphatic carbocycles. The average molecular weight is 445 g/mol. The molecule has 0 bridgehead atoms. The molecule has 3 N–H and O–H groups in total. The number of ether oxygens (including phenoxy) is 2. The van der Waals surface area contributed by atoms with Crippen molar-refractivity contribution < 1.29 is 24.5 Å². The number of amides is 1. The minimum Gasteiger partial charge on any atom is -0.493 e. The monoisotopic (exact) mass is 444 g/mol. The van der Waals surface area contributed by atoms with E-state index in [4.69, 9.17) is 9.47 Å². The van der Waals surface area contributed by atoms with Crippen LogP contribution in [-0.4, -0.2) is 96.6 Å². The molecule has 32 heavy (non-hydrogen) atoms. The lowest BCUT2D eigenvalue weighted by atomic mass is 10.0. The number of aliphatic hydroxyl groups is 2. The number of aromatic nitrogens is 1. The fourth-order valence-electron chi connectivity index (χ4n) is 3.61. The highest BCUT2D eigenvalue weighted by molar-refractivity contribution is 5.92. The van der Waals surface area contributed by atoms with Gasteiger partial charge in [-0.05, 0) is 43.9 Å². The second-order valence-electron chi connectivity index (χ2n) is 8.32. The number of methoxy groups -OCH3 is 1. The first-order chi connectivity index (χ1) is 15.3. The van der Waals surface area contributed by atoms with E-state index in [9.17, 15) is 15.0 Å². The molecule has 1 aromatic heterocycles. The van der Waals surface area contributed by atoms with Gasteiger partial charge in [-0.2, -0.15) is 0 Å². The topological polar surface area (TPSA) is 107 Å². The quantitative estimate of drug-likeness (QED) is 0.483. The van der Waals surface area contributed by atoms with Crippen LogP contribution in [0.1, 0.15) is 16.1 Å². The lowest BCUT2D eigenvalue weighted by Crippen LogP contribution is -2.51. The molecule has 1 aliphatic rings. The maximum Gasteiger partial charge on any atom is 0.269 e. The third-order valence-electron chi connectivity index (χ3n) is 5.43. The van der Waals surface area contributed by atoms with Gasteiger partial charge in [0.15, 0.2) is 11.5 Å². The Morgan fingerprint density at radius 3 is 2.81 bits per heavy atom. The van der Waals surface area contributed by atoms with Crippen molar-refractivity contribution in [2.75, 3.05) is 54.0 Å². The molecule has 174 valence electrons. The maximum absolute atomic E-state index is 12.2. The van der Waals surface area contributed by atoms with Crippen molar-refractivity contribution >= 4 is 5.91 Å².